The largest absolute Gasteiger partial charge is 0.465 e. The number of morpholine rings is 1. The molecule has 2 rings (SSSR count). The molecular formula is C11H17N5O3S2. The van der Waals surface area contributed by atoms with Crippen LogP contribution in [-0.2, 0) is 14.3 Å². The van der Waals surface area contributed by atoms with E-state index in [-0.39, 0.29) is 17.7 Å². The van der Waals surface area contributed by atoms with E-state index < -0.39 is 0 Å². The van der Waals surface area contributed by atoms with Crippen LogP contribution in [0.25, 0.3) is 0 Å². The Morgan fingerprint density at radius 1 is 1.52 bits per heavy atom. The number of thiocarbonyl (C=S) groups is 1. The number of hydrogen-bond acceptors (Lipinski definition) is 9. The number of hydrogen-bond donors (Lipinski definition) is 1. The van der Waals surface area contributed by atoms with Gasteiger partial charge in [-0.05, 0) is 6.92 Å². The fourth-order valence-electron chi connectivity index (χ4n) is 1.73. The van der Waals surface area contributed by atoms with Crippen LogP contribution >= 0.6 is 24.0 Å². The lowest BCUT2D eigenvalue weighted by molar-refractivity contribution is -0.139. The van der Waals surface area contributed by atoms with Gasteiger partial charge in [0.1, 0.15) is 0 Å². The first-order valence-electron chi connectivity index (χ1n) is 6.49. The minimum Gasteiger partial charge on any atom is -0.465 e. The molecule has 1 saturated heterocycles. The van der Waals surface area contributed by atoms with Gasteiger partial charge in [-0.2, -0.15) is 9.67 Å². The average Bonchev–Trinajstić information content (AvgIpc) is 2.88. The van der Waals surface area contributed by atoms with Gasteiger partial charge in [0.25, 0.3) is 0 Å². The van der Waals surface area contributed by atoms with E-state index in [0.717, 1.165) is 11.8 Å². The molecule has 1 aromatic heterocycles. The second kappa shape index (κ2) is 7.57. The lowest BCUT2D eigenvalue weighted by Crippen LogP contribution is -2.37. The first kappa shape index (κ1) is 16.0. The summed E-state index contributed by atoms with van der Waals surface area (Å²) in [6, 6.07) is 0. The number of esters is 1. The zero-order chi connectivity index (χ0) is 15.2. The normalized spacial score (nSPS) is 15.0. The molecule has 1 aliphatic heterocycles. The summed E-state index contributed by atoms with van der Waals surface area (Å²) in [6.07, 6.45) is 0. The van der Waals surface area contributed by atoms with Crippen LogP contribution in [0.3, 0.4) is 0 Å². The van der Waals surface area contributed by atoms with Crippen molar-refractivity contribution in [2.75, 3.05) is 49.3 Å². The third-order valence-electron chi connectivity index (χ3n) is 2.71. The first-order valence-corrected chi connectivity index (χ1v) is 7.89. The number of anilines is 2. The monoisotopic (exact) mass is 331 g/mol. The van der Waals surface area contributed by atoms with E-state index in [1.54, 1.807) is 6.92 Å². The molecule has 0 unspecified atom stereocenters. The summed E-state index contributed by atoms with van der Waals surface area (Å²) in [6.45, 7) is 4.80. The van der Waals surface area contributed by atoms with E-state index in [1.165, 1.54) is 4.68 Å². The highest BCUT2D eigenvalue weighted by molar-refractivity contribution is 8.23. The summed E-state index contributed by atoms with van der Waals surface area (Å²) in [5.41, 5.74) is 5.83. The highest BCUT2D eigenvalue weighted by atomic mass is 32.2. The van der Waals surface area contributed by atoms with Gasteiger partial charge in [0.05, 0.1) is 25.6 Å². The van der Waals surface area contributed by atoms with E-state index in [1.807, 2.05) is 4.90 Å². The molecule has 0 atom stereocenters. The highest BCUT2D eigenvalue weighted by Gasteiger charge is 2.19. The maximum Gasteiger partial charge on any atom is 0.316 e. The maximum absolute atomic E-state index is 11.3. The predicted octanol–water partition coefficient (Wildman–Crippen LogP) is 0.126. The van der Waals surface area contributed by atoms with E-state index >= 15 is 0 Å². The number of carbonyl (C=O) groups is 1. The predicted molar refractivity (Wildman–Crippen MR) is 84.6 cm³/mol. The van der Waals surface area contributed by atoms with Gasteiger partial charge in [0.2, 0.25) is 11.9 Å². The molecule has 0 saturated carbocycles. The van der Waals surface area contributed by atoms with E-state index in [0.29, 0.717) is 43.2 Å². The van der Waals surface area contributed by atoms with Crippen LogP contribution in [0.5, 0.6) is 0 Å². The fourth-order valence-corrected chi connectivity index (χ4v) is 2.62. The van der Waals surface area contributed by atoms with Crippen LogP contribution in [0, 0.1) is 0 Å². The summed E-state index contributed by atoms with van der Waals surface area (Å²) in [5, 5.41) is 4.29. The number of aromatic nitrogens is 3. The van der Waals surface area contributed by atoms with Crippen molar-refractivity contribution in [2.24, 2.45) is 0 Å². The Kier molecular flexibility index (Phi) is 5.76. The Morgan fingerprint density at radius 2 is 2.24 bits per heavy atom. The molecule has 8 nitrogen and oxygen atoms in total. The fraction of sp³-hybridized carbons (Fsp3) is 0.636. The van der Waals surface area contributed by atoms with Gasteiger partial charge in [0, 0.05) is 13.1 Å². The lowest BCUT2D eigenvalue weighted by Gasteiger charge is -2.25. The summed E-state index contributed by atoms with van der Waals surface area (Å²) in [5.74, 6) is 0.531. The maximum atomic E-state index is 11.3. The molecule has 2 N–H and O–H groups in total. The number of ether oxygens (including phenoxy) is 2. The van der Waals surface area contributed by atoms with E-state index in [9.17, 15) is 4.79 Å². The van der Waals surface area contributed by atoms with Crippen molar-refractivity contribution < 1.29 is 14.3 Å². The molecule has 0 aromatic carbocycles. The first-order chi connectivity index (χ1) is 10.1. The second-order valence-electron chi connectivity index (χ2n) is 4.14. The van der Waals surface area contributed by atoms with Gasteiger partial charge in [0.15, 0.2) is 4.32 Å². The van der Waals surface area contributed by atoms with Crippen molar-refractivity contribution in [2.45, 2.75) is 6.92 Å². The lowest BCUT2D eigenvalue weighted by atomic mass is 10.4. The highest BCUT2D eigenvalue weighted by Crippen LogP contribution is 2.16. The standard InChI is InChI=1S/C11H17N5O3S2/c1-2-19-8(17)7-21-11(20)16-9(12)13-10(14-16)15-3-5-18-6-4-15/h2-7H2,1H3,(H2,12,13,14). The van der Waals surface area contributed by atoms with Crippen LogP contribution < -0.4 is 10.6 Å². The molecule has 0 spiro atoms. The van der Waals surface area contributed by atoms with Crippen molar-refractivity contribution >= 4 is 46.2 Å². The molecule has 0 aliphatic carbocycles. The Balaban J connectivity index is 1.97. The second-order valence-corrected chi connectivity index (χ2v) is 5.75. The van der Waals surface area contributed by atoms with Crippen LogP contribution in [-0.4, -0.2) is 63.7 Å². The van der Waals surface area contributed by atoms with Crippen molar-refractivity contribution in [1.29, 1.82) is 0 Å². The van der Waals surface area contributed by atoms with Gasteiger partial charge in [-0.25, -0.2) is 0 Å². The van der Waals surface area contributed by atoms with Gasteiger partial charge in [-0.3, -0.25) is 4.79 Å². The number of nitrogens with zero attached hydrogens (tertiary/aromatic N) is 4. The third-order valence-corrected chi connectivity index (χ3v) is 4.03. The van der Waals surface area contributed by atoms with Crippen molar-refractivity contribution in [1.82, 2.24) is 14.8 Å². The van der Waals surface area contributed by atoms with Gasteiger partial charge in [-0.1, -0.05) is 24.0 Å². The minimum atomic E-state index is -0.322. The molecule has 1 aromatic rings. The Bertz CT molecular complexity index is 516. The SMILES string of the molecule is CCOC(=O)CSC(=S)n1nc(N2CCOCC2)nc1N. The molecule has 1 aliphatic rings. The number of nitrogen functional groups attached to an aromatic ring is 1. The topological polar surface area (TPSA) is 95.5 Å². The molecule has 1 fully saturated rings. The zero-order valence-corrected chi connectivity index (χ0v) is 13.3. The Labute approximate surface area is 132 Å². The Morgan fingerprint density at radius 3 is 2.90 bits per heavy atom. The summed E-state index contributed by atoms with van der Waals surface area (Å²) in [4.78, 5) is 17.5. The molecule has 0 amide bonds. The van der Waals surface area contributed by atoms with Crippen molar-refractivity contribution in [3.63, 3.8) is 0 Å². The molecule has 0 radical (unpaired) electrons. The van der Waals surface area contributed by atoms with Crippen molar-refractivity contribution in [3.05, 3.63) is 0 Å². The zero-order valence-electron chi connectivity index (χ0n) is 11.7. The summed E-state index contributed by atoms with van der Waals surface area (Å²) < 4.78 is 11.9. The summed E-state index contributed by atoms with van der Waals surface area (Å²) >= 11 is 6.36. The van der Waals surface area contributed by atoms with E-state index in [4.69, 9.17) is 27.4 Å². The average molecular weight is 331 g/mol. The molecular weight excluding hydrogens is 314 g/mol. The molecule has 116 valence electrons. The quantitative estimate of drug-likeness (QED) is 0.610. The van der Waals surface area contributed by atoms with Crippen LogP contribution in [0.4, 0.5) is 11.9 Å². The van der Waals surface area contributed by atoms with Gasteiger partial charge in [-0.15, -0.1) is 5.10 Å². The van der Waals surface area contributed by atoms with Crippen LogP contribution in [0.2, 0.25) is 0 Å². The van der Waals surface area contributed by atoms with Gasteiger partial charge >= 0.3 is 5.97 Å². The molecule has 0 bridgehead atoms. The van der Waals surface area contributed by atoms with Crippen LogP contribution in [0.1, 0.15) is 6.92 Å². The van der Waals surface area contributed by atoms with Gasteiger partial charge < -0.3 is 20.1 Å². The van der Waals surface area contributed by atoms with E-state index in [2.05, 4.69) is 10.1 Å². The number of thioether (sulfide) groups is 1. The smallest absolute Gasteiger partial charge is 0.316 e. The third kappa shape index (κ3) is 4.29. The minimum absolute atomic E-state index is 0.124. The Hall–Kier alpha value is -1.39. The molecule has 2 heterocycles. The molecule has 21 heavy (non-hydrogen) atoms. The number of nitrogens with two attached hydrogens (primary N) is 1. The summed E-state index contributed by atoms with van der Waals surface area (Å²) in [7, 11) is 0. The number of rotatable bonds is 4. The van der Waals surface area contributed by atoms with Crippen molar-refractivity contribution in [3.8, 4) is 0 Å². The molecule has 10 heteroatoms. The number of carbonyl (C=O) groups excluding carboxylic acids is 1. The van der Waals surface area contributed by atoms with Crippen LogP contribution in [0.15, 0.2) is 0 Å².